The van der Waals surface area contributed by atoms with Gasteiger partial charge in [0.05, 0.1) is 28.8 Å². The summed E-state index contributed by atoms with van der Waals surface area (Å²) in [5.74, 6) is 0.859. The molecule has 29 heavy (non-hydrogen) atoms. The number of rotatable bonds is 5. The number of aromatic nitrogens is 2. The second-order valence-corrected chi connectivity index (χ2v) is 6.90. The molecule has 1 fully saturated rings. The lowest BCUT2D eigenvalue weighted by molar-refractivity contribution is 0.0577. The van der Waals surface area contributed by atoms with Crippen LogP contribution in [0.4, 0.5) is 0 Å². The molecule has 144 valence electrons. The number of carbonyl (C=O) groups is 1. The lowest BCUT2D eigenvalue weighted by atomic mass is 10.00. The lowest BCUT2D eigenvalue weighted by Gasteiger charge is -2.35. The van der Waals surface area contributed by atoms with Gasteiger partial charge in [0.1, 0.15) is 5.75 Å². The number of allylic oxidation sites excluding steroid dienone is 1. The number of nitrogens with zero attached hydrogens (tertiary/aromatic N) is 3. The van der Waals surface area contributed by atoms with Crippen LogP contribution in [-0.4, -0.2) is 40.1 Å². The monoisotopic (exact) mass is 385 g/mol. The van der Waals surface area contributed by atoms with Crippen LogP contribution in [0, 0.1) is 29.6 Å². The van der Waals surface area contributed by atoms with Crippen LogP contribution in [0.3, 0.4) is 0 Å². The normalized spacial score (nSPS) is 14.3. The van der Waals surface area contributed by atoms with Gasteiger partial charge in [0.2, 0.25) is 0 Å². The molecule has 3 aromatic rings. The van der Waals surface area contributed by atoms with E-state index in [-0.39, 0.29) is 11.8 Å². The quantitative estimate of drug-likeness (QED) is 0.517. The number of H-pyrrole nitrogens is 1. The van der Waals surface area contributed by atoms with Crippen molar-refractivity contribution in [2.24, 2.45) is 5.92 Å². The Morgan fingerprint density at radius 1 is 1.41 bits per heavy atom. The van der Waals surface area contributed by atoms with Gasteiger partial charge >= 0.3 is 0 Å². The summed E-state index contributed by atoms with van der Waals surface area (Å²) in [6, 6.07) is 11.6. The fourth-order valence-electron chi connectivity index (χ4n) is 3.36. The summed E-state index contributed by atoms with van der Waals surface area (Å²) >= 11 is 0. The van der Waals surface area contributed by atoms with Gasteiger partial charge in [-0.05, 0) is 36.8 Å². The first-order chi connectivity index (χ1) is 14.1. The number of ether oxygens (including phenoxy) is 1. The molecule has 2 aromatic heterocycles. The van der Waals surface area contributed by atoms with E-state index in [0.717, 1.165) is 22.7 Å². The molecule has 0 bridgehead atoms. The third-order valence-corrected chi connectivity index (χ3v) is 5.00. The van der Waals surface area contributed by atoms with Crippen molar-refractivity contribution in [2.45, 2.75) is 6.92 Å². The summed E-state index contributed by atoms with van der Waals surface area (Å²) < 4.78 is 6.04. The summed E-state index contributed by atoms with van der Waals surface area (Å²) in [6.45, 7) is 2.76. The first-order valence-corrected chi connectivity index (χ1v) is 9.21. The molecule has 7 heteroatoms. The van der Waals surface area contributed by atoms with Crippen LogP contribution in [0.2, 0.25) is 0 Å². The summed E-state index contributed by atoms with van der Waals surface area (Å²) in [5.41, 5.74) is 2.79. The minimum absolute atomic E-state index is 0.0863. The largest absolute Gasteiger partial charge is 0.455 e. The third kappa shape index (κ3) is 3.48. The highest BCUT2D eigenvalue weighted by atomic mass is 16.5. The Morgan fingerprint density at radius 2 is 2.24 bits per heavy atom. The van der Waals surface area contributed by atoms with E-state index < -0.39 is 0 Å². The highest BCUT2D eigenvalue weighted by Gasteiger charge is 2.32. The van der Waals surface area contributed by atoms with Crippen molar-refractivity contribution in [2.75, 3.05) is 13.1 Å². The molecule has 1 aliphatic rings. The number of likely N-dealkylation sites (tertiary alicyclic amines) is 1. The molecule has 0 radical (unpaired) electrons. The Morgan fingerprint density at radius 3 is 3.00 bits per heavy atom. The van der Waals surface area contributed by atoms with E-state index in [1.165, 1.54) is 6.08 Å². The summed E-state index contributed by atoms with van der Waals surface area (Å²) in [4.78, 5) is 21.8. The molecule has 0 spiro atoms. The maximum Gasteiger partial charge on any atom is 0.255 e. The number of hydrogen-bond donors (Lipinski definition) is 2. The van der Waals surface area contributed by atoms with Gasteiger partial charge in [-0.3, -0.25) is 9.78 Å². The van der Waals surface area contributed by atoms with E-state index in [9.17, 15) is 4.79 Å². The molecule has 7 nitrogen and oxygen atoms in total. The minimum atomic E-state index is -0.109. The van der Waals surface area contributed by atoms with Crippen LogP contribution < -0.4 is 4.74 Å². The number of aromatic amines is 1. The Kier molecular flexibility index (Phi) is 4.83. The van der Waals surface area contributed by atoms with Gasteiger partial charge in [0, 0.05) is 43.2 Å². The van der Waals surface area contributed by atoms with E-state index in [0.29, 0.717) is 35.9 Å². The molecule has 0 atom stereocenters. The van der Waals surface area contributed by atoms with E-state index in [2.05, 4.69) is 16.0 Å². The number of pyridine rings is 1. The van der Waals surface area contributed by atoms with Crippen LogP contribution in [0.1, 0.15) is 21.6 Å². The van der Waals surface area contributed by atoms with Crippen LogP contribution in [0.15, 0.2) is 48.8 Å². The van der Waals surface area contributed by atoms with Crippen LogP contribution >= 0.6 is 0 Å². The Labute approximate surface area is 167 Å². The molecule has 3 heterocycles. The molecule has 4 rings (SSSR count). The van der Waals surface area contributed by atoms with Crippen LogP contribution in [-0.2, 0) is 0 Å². The van der Waals surface area contributed by atoms with E-state index in [4.69, 9.17) is 15.4 Å². The average molecular weight is 385 g/mol. The predicted octanol–water partition coefficient (Wildman–Crippen LogP) is 3.54. The van der Waals surface area contributed by atoms with Crippen molar-refractivity contribution in [3.63, 3.8) is 0 Å². The van der Waals surface area contributed by atoms with Crippen molar-refractivity contribution >= 4 is 28.8 Å². The number of amides is 1. The zero-order chi connectivity index (χ0) is 20.4. The Bertz CT molecular complexity index is 1170. The van der Waals surface area contributed by atoms with Crippen molar-refractivity contribution in [1.29, 1.82) is 10.7 Å². The summed E-state index contributed by atoms with van der Waals surface area (Å²) in [6.07, 6.45) is 6.07. The van der Waals surface area contributed by atoms with Gasteiger partial charge in [-0.1, -0.05) is 6.07 Å². The highest BCUT2D eigenvalue weighted by Crippen LogP contribution is 2.28. The average Bonchev–Trinajstić information content (AvgIpc) is 3.08. The van der Waals surface area contributed by atoms with Crippen LogP contribution in [0.25, 0.3) is 16.7 Å². The molecular weight excluding hydrogens is 366 g/mol. The topological polar surface area (TPSA) is 106 Å². The lowest BCUT2D eigenvalue weighted by Crippen LogP contribution is -2.49. The number of benzene rings is 1. The van der Waals surface area contributed by atoms with Gasteiger partial charge in [-0.15, -0.1) is 0 Å². The van der Waals surface area contributed by atoms with Crippen molar-refractivity contribution in [1.82, 2.24) is 14.9 Å². The Hall–Kier alpha value is -3.92. The van der Waals surface area contributed by atoms with E-state index in [1.807, 2.05) is 37.3 Å². The predicted molar refractivity (Wildman–Crippen MR) is 110 cm³/mol. The smallest absolute Gasteiger partial charge is 0.255 e. The van der Waals surface area contributed by atoms with Crippen molar-refractivity contribution in [3.05, 3.63) is 65.6 Å². The van der Waals surface area contributed by atoms with Crippen molar-refractivity contribution in [3.8, 4) is 11.8 Å². The minimum Gasteiger partial charge on any atom is -0.455 e. The molecule has 1 saturated heterocycles. The molecule has 1 aromatic carbocycles. The van der Waals surface area contributed by atoms with Gasteiger partial charge < -0.3 is 20.0 Å². The zero-order valence-electron chi connectivity index (χ0n) is 15.8. The highest BCUT2D eigenvalue weighted by molar-refractivity contribution is 5.97. The molecule has 0 aliphatic carbocycles. The standard InChI is InChI=1S/C22H19N5O2/c1-14-18(22(28)27-12-15(10-24)13-27)11-26-21(14)20(6-7-23)29-17-4-5-19-16(9-17)3-2-8-25-19/h2-9,11,15,23,26H,12-13H2,1H3/b20-6+,23-7?. The zero-order valence-corrected chi connectivity index (χ0v) is 15.8. The maximum absolute atomic E-state index is 12.7. The fourth-order valence-corrected chi connectivity index (χ4v) is 3.36. The Balaban J connectivity index is 1.60. The SMILES string of the molecule is Cc1c(C(=O)N2CC(C#N)C2)c[nH]c1/C(=C\C=N)Oc1ccc2ncccc2c1. The molecule has 0 unspecified atom stereocenters. The molecule has 0 saturated carbocycles. The maximum atomic E-state index is 12.7. The number of hydrogen-bond acceptors (Lipinski definition) is 5. The summed E-state index contributed by atoms with van der Waals surface area (Å²) in [5, 5.41) is 17.3. The number of carbonyl (C=O) groups excluding carboxylic acids is 1. The molecule has 1 aliphatic heterocycles. The second-order valence-electron chi connectivity index (χ2n) is 6.90. The number of nitrogens with one attached hydrogen (secondary N) is 2. The molecule has 1 amide bonds. The van der Waals surface area contributed by atoms with Crippen LogP contribution in [0.5, 0.6) is 5.75 Å². The first kappa shape index (κ1) is 18.4. The number of fused-ring (bicyclic) bond motifs is 1. The fraction of sp³-hybridized carbons (Fsp3) is 0.182. The third-order valence-electron chi connectivity index (χ3n) is 5.00. The van der Waals surface area contributed by atoms with Gasteiger partial charge in [-0.25, -0.2) is 0 Å². The first-order valence-electron chi connectivity index (χ1n) is 9.21. The van der Waals surface area contributed by atoms with E-state index >= 15 is 0 Å². The van der Waals surface area contributed by atoms with Crippen molar-refractivity contribution < 1.29 is 9.53 Å². The van der Waals surface area contributed by atoms with Gasteiger partial charge in [0.25, 0.3) is 5.91 Å². The van der Waals surface area contributed by atoms with Gasteiger partial charge in [-0.2, -0.15) is 5.26 Å². The molecular formula is C22H19N5O2. The molecule has 2 N–H and O–H groups in total. The van der Waals surface area contributed by atoms with Gasteiger partial charge in [0.15, 0.2) is 5.76 Å². The second kappa shape index (κ2) is 7.60. The van der Waals surface area contributed by atoms with E-state index in [1.54, 1.807) is 17.3 Å². The number of nitriles is 1. The summed E-state index contributed by atoms with van der Waals surface area (Å²) in [7, 11) is 0.